The van der Waals surface area contributed by atoms with Crippen molar-refractivity contribution >= 4 is 23.9 Å². The number of amides is 2. The van der Waals surface area contributed by atoms with E-state index in [2.05, 4.69) is 11.9 Å². The van der Waals surface area contributed by atoms with Gasteiger partial charge in [-0.25, -0.2) is 24.4 Å². The summed E-state index contributed by atoms with van der Waals surface area (Å²) in [5.41, 5.74) is -0.905. The van der Waals surface area contributed by atoms with Crippen molar-refractivity contribution in [3.63, 3.8) is 0 Å². The zero-order chi connectivity index (χ0) is 21.1. The van der Waals surface area contributed by atoms with Crippen LogP contribution in [0.15, 0.2) is 23.9 Å². The van der Waals surface area contributed by atoms with Crippen LogP contribution >= 0.6 is 0 Å². The summed E-state index contributed by atoms with van der Waals surface area (Å²) in [5.74, 6) is -2.13. The van der Waals surface area contributed by atoms with Crippen LogP contribution in [0.5, 0.6) is 0 Å². The lowest BCUT2D eigenvalue weighted by Gasteiger charge is -2.21. The first-order chi connectivity index (χ1) is 13.1. The van der Waals surface area contributed by atoms with Crippen LogP contribution in [0.25, 0.3) is 0 Å². The average molecular weight is 395 g/mol. The fourth-order valence-corrected chi connectivity index (χ4v) is 2.78. The zero-order valence-electron chi connectivity index (χ0n) is 16.4. The lowest BCUT2D eigenvalue weighted by Crippen LogP contribution is -2.45. The highest BCUT2D eigenvalue weighted by Gasteiger charge is 2.50. The first-order valence-electron chi connectivity index (χ1n) is 8.85. The summed E-state index contributed by atoms with van der Waals surface area (Å²) in [4.78, 5) is 49.5. The Morgan fingerprint density at radius 3 is 2.50 bits per heavy atom. The predicted octanol–water partition coefficient (Wildman–Crippen LogP) is 0.499. The number of nitrogens with zero attached hydrogens (tertiary/aromatic N) is 2. The Morgan fingerprint density at radius 2 is 1.93 bits per heavy atom. The van der Waals surface area contributed by atoms with E-state index in [9.17, 15) is 19.2 Å². The molecule has 1 fully saturated rings. The van der Waals surface area contributed by atoms with Gasteiger partial charge in [0.2, 0.25) is 0 Å². The summed E-state index contributed by atoms with van der Waals surface area (Å²) in [5, 5.41) is 5.01. The quantitative estimate of drug-likeness (QED) is 0.393. The maximum atomic E-state index is 12.8. The smallest absolute Gasteiger partial charge is 0.408 e. The molecule has 0 aromatic carbocycles. The highest BCUT2D eigenvalue weighted by molar-refractivity contribution is 6.05. The van der Waals surface area contributed by atoms with Gasteiger partial charge in [-0.15, -0.1) is 0 Å². The molecule has 10 heteroatoms. The SMILES string of the molecule is C=CCOC(=O)C1=C(C(=O)OCC)CN2CC(NC(=O)OC(C)(C)C)C(=O)N12. The number of carbonyl (C=O) groups is 4. The van der Waals surface area contributed by atoms with Crippen LogP contribution in [0, 0.1) is 0 Å². The molecule has 0 spiro atoms. The summed E-state index contributed by atoms with van der Waals surface area (Å²) in [6.07, 6.45) is 0.618. The van der Waals surface area contributed by atoms with Crippen LogP contribution in [-0.2, 0) is 28.6 Å². The van der Waals surface area contributed by atoms with E-state index >= 15 is 0 Å². The third-order valence-electron chi connectivity index (χ3n) is 3.76. The average Bonchev–Trinajstić information content (AvgIpc) is 3.08. The number of ether oxygens (including phenoxy) is 3. The van der Waals surface area contributed by atoms with Gasteiger partial charge in [0.25, 0.3) is 5.91 Å². The zero-order valence-corrected chi connectivity index (χ0v) is 16.4. The largest absolute Gasteiger partial charge is 0.463 e. The second-order valence-corrected chi connectivity index (χ2v) is 7.13. The summed E-state index contributed by atoms with van der Waals surface area (Å²) in [7, 11) is 0. The number of fused-ring (bicyclic) bond motifs is 1. The Bertz CT molecular complexity index is 723. The minimum atomic E-state index is -0.930. The molecular formula is C18H25N3O7. The molecule has 0 aromatic rings. The Kier molecular flexibility index (Phi) is 6.45. The maximum Gasteiger partial charge on any atom is 0.408 e. The van der Waals surface area contributed by atoms with Crippen molar-refractivity contribution in [2.24, 2.45) is 0 Å². The van der Waals surface area contributed by atoms with Crippen LogP contribution in [0.2, 0.25) is 0 Å². The second kappa shape index (κ2) is 8.42. The topological polar surface area (TPSA) is 114 Å². The van der Waals surface area contributed by atoms with Crippen LogP contribution in [-0.4, -0.2) is 71.9 Å². The number of hydrazine groups is 1. The van der Waals surface area contributed by atoms with Crippen LogP contribution in [0.3, 0.4) is 0 Å². The Hall–Kier alpha value is -2.88. The van der Waals surface area contributed by atoms with E-state index in [0.29, 0.717) is 0 Å². The van der Waals surface area contributed by atoms with Crippen LogP contribution < -0.4 is 5.32 Å². The highest BCUT2D eigenvalue weighted by Crippen LogP contribution is 2.31. The third kappa shape index (κ3) is 4.69. The van der Waals surface area contributed by atoms with E-state index in [4.69, 9.17) is 14.2 Å². The van der Waals surface area contributed by atoms with Crippen molar-refractivity contribution in [1.29, 1.82) is 0 Å². The van der Waals surface area contributed by atoms with Crippen molar-refractivity contribution in [3.05, 3.63) is 23.9 Å². The van der Waals surface area contributed by atoms with Gasteiger partial charge in [0.15, 0.2) is 5.70 Å². The number of esters is 2. The van der Waals surface area contributed by atoms with Gasteiger partial charge in [0.1, 0.15) is 18.2 Å². The fourth-order valence-electron chi connectivity index (χ4n) is 2.78. The lowest BCUT2D eigenvalue weighted by atomic mass is 10.2. The van der Waals surface area contributed by atoms with Crippen molar-refractivity contribution in [2.45, 2.75) is 39.3 Å². The molecule has 0 bridgehead atoms. The van der Waals surface area contributed by atoms with E-state index in [-0.39, 0.29) is 37.6 Å². The second-order valence-electron chi connectivity index (χ2n) is 7.13. The lowest BCUT2D eigenvalue weighted by molar-refractivity contribution is -0.146. The molecule has 154 valence electrons. The molecule has 2 rings (SSSR count). The Balaban J connectivity index is 2.23. The summed E-state index contributed by atoms with van der Waals surface area (Å²) >= 11 is 0. The minimum Gasteiger partial charge on any atom is -0.463 e. The molecule has 0 aliphatic carbocycles. The minimum absolute atomic E-state index is 0.0183. The van der Waals surface area contributed by atoms with E-state index in [0.717, 1.165) is 5.01 Å². The highest BCUT2D eigenvalue weighted by atomic mass is 16.6. The number of hydrogen-bond acceptors (Lipinski definition) is 8. The van der Waals surface area contributed by atoms with Crippen LogP contribution in [0.4, 0.5) is 4.79 Å². The number of alkyl carbamates (subject to hydrolysis) is 1. The molecule has 2 heterocycles. The summed E-state index contributed by atoms with van der Waals surface area (Å²) in [6, 6.07) is -0.930. The van der Waals surface area contributed by atoms with Crippen molar-refractivity contribution < 1.29 is 33.4 Å². The molecule has 28 heavy (non-hydrogen) atoms. The monoisotopic (exact) mass is 395 g/mol. The van der Waals surface area contributed by atoms with Gasteiger partial charge < -0.3 is 19.5 Å². The third-order valence-corrected chi connectivity index (χ3v) is 3.76. The Morgan fingerprint density at radius 1 is 1.25 bits per heavy atom. The van der Waals surface area contributed by atoms with E-state index in [1.165, 1.54) is 11.1 Å². The predicted molar refractivity (Wildman–Crippen MR) is 96.4 cm³/mol. The van der Waals surface area contributed by atoms with Crippen molar-refractivity contribution in [2.75, 3.05) is 26.3 Å². The van der Waals surface area contributed by atoms with Crippen LogP contribution in [0.1, 0.15) is 27.7 Å². The van der Waals surface area contributed by atoms with E-state index in [1.807, 2.05) is 0 Å². The molecule has 1 unspecified atom stereocenters. The molecule has 1 atom stereocenters. The first-order valence-corrected chi connectivity index (χ1v) is 8.85. The van der Waals surface area contributed by atoms with Crippen molar-refractivity contribution in [1.82, 2.24) is 15.3 Å². The van der Waals surface area contributed by atoms with Gasteiger partial charge in [-0.1, -0.05) is 12.7 Å². The van der Waals surface area contributed by atoms with E-state index in [1.54, 1.807) is 27.7 Å². The van der Waals surface area contributed by atoms with Gasteiger partial charge in [-0.3, -0.25) is 4.79 Å². The molecular weight excluding hydrogens is 370 g/mol. The standard InChI is InChI=1S/C18H25N3O7/c1-6-8-27-16(24)13-11(15(23)26-7-2)9-20-10-12(14(22)21(13)20)19-17(25)28-18(3,4)5/h6,12H,1,7-10H2,2-5H3,(H,19,25). The number of rotatable bonds is 6. The number of hydrogen-bond donors (Lipinski definition) is 1. The van der Waals surface area contributed by atoms with Gasteiger partial charge in [0, 0.05) is 6.54 Å². The molecule has 2 aliphatic heterocycles. The molecule has 0 saturated carbocycles. The molecule has 2 amide bonds. The normalized spacial score (nSPS) is 19.4. The summed E-state index contributed by atoms with van der Waals surface area (Å²) in [6.45, 7) is 10.3. The molecule has 10 nitrogen and oxygen atoms in total. The van der Waals surface area contributed by atoms with Gasteiger partial charge in [0.05, 0.1) is 18.7 Å². The number of carbonyl (C=O) groups excluding carboxylic acids is 4. The molecule has 0 aromatic heterocycles. The van der Waals surface area contributed by atoms with Gasteiger partial charge in [-0.2, -0.15) is 0 Å². The summed E-state index contributed by atoms with van der Waals surface area (Å²) < 4.78 is 15.2. The molecule has 0 radical (unpaired) electrons. The molecule has 1 saturated heterocycles. The van der Waals surface area contributed by atoms with E-state index < -0.39 is 35.6 Å². The maximum absolute atomic E-state index is 12.8. The molecule has 2 aliphatic rings. The first kappa shape index (κ1) is 21.4. The van der Waals surface area contributed by atoms with Gasteiger partial charge >= 0.3 is 18.0 Å². The Labute approximate surface area is 163 Å². The fraction of sp³-hybridized carbons (Fsp3) is 0.556. The molecule has 1 N–H and O–H groups in total. The van der Waals surface area contributed by atoms with Crippen molar-refractivity contribution in [3.8, 4) is 0 Å². The van der Waals surface area contributed by atoms with Gasteiger partial charge in [-0.05, 0) is 27.7 Å². The number of nitrogens with one attached hydrogen (secondary N) is 1.